The average molecular weight is 368 g/mol. The molecule has 0 bridgehead atoms. The summed E-state index contributed by atoms with van der Waals surface area (Å²) >= 11 is 0. The van der Waals surface area contributed by atoms with E-state index in [1.165, 1.54) is 6.07 Å². The molecule has 0 aromatic heterocycles. The summed E-state index contributed by atoms with van der Waals surface area (Å²) in [5.74, 6) is -0.381. The van der Waals surface area contributed by atoms with Crippen LogP contribution in [0.4, 0.5) is 18.4 Å². The molecule has 7 nitrogen and oxygen atoms in total. The number of urea groups is 2. The molecule has 4 amide bonds. The van der Waals surface area contributed by atoms with Crippen molar-refractivity contribution in [3.8, 4) is 0 Å². The summed E-state index contributed by atoms with van der Waals surface area (Å²) < 4.78 is 33.0. The molecule has 3 atom stereocenters. The molecule has 9 heteroatoms. The van der Waals surface area contributed by atoms with Crippen molar-refractivity contribution in [2.24, 2.45) is 0 Å². The van der Waals surface area contributed by atoms with Crippen LogP contribution in [0.15, 0.2) is 18.2 Å². The summed E-state index contributed by atoms with van der Waals surface area (Å²) in [5.41, 5.74) is 1.32. The summed E-state index contributed by atoms with van der Waals surface area (Å²) in [6, 6.07) is 2.00. The standard InChI is InChI=1S/C17H22F2N4O3/c1-9-3-4-12(18)11(7-9)10(2)20-15-21-16(24)23(17(25)22-15)14-5-6-26-8-13(14)19/h3-4,7,10,13-15,20H,5-6,8H2,1-2H3,(H,21,24)(H,22,25)/t10-,13+,14-/m0/s1. The molecule has 0 unspecified atom stereocenters. The highest BCUT2D eigenvalue weighted by molar-refractivity contribution is 5.96. The number of hydrogen-bond donors (Lipinski definition) is 3. The molecule has 0 saturated carbocycles. The van der Waals surface area contributed by atoms with E-state index in [-0.39, 0.29) is 25.5 Å². The molecule has 2 saturated heterocycles. The molecule has 2 aliphatic rings. The summed E-state index contributed by atoms with van der Waals surface area (Å²) in [4.78, 5) is 25.5. The summed E-state index contributed by atoms with van der Waals surface area (Å²) in [7, 11) is 0. The Morgan fingerprint density at radius 3 is 2.65 bits per heavy atom. The Labute approximate surface area is 150 Å². The second-order valence-electron chi connectivity index (χ2n) is 6.56. The van der Waals surface area contributed by atoms with Gasteiger partial charge in [-0.05, 0) is 26.3 Å². The smallest absolute Gasteiger partial charge is 0.328 e. The van der Waals surface area contributed by atoms with Crippen molar-refractivity contribution >= 4 is 12.1 Å². The van der Waals surface area contributed by atoms with Crippen LogP contribution >= 0.6 is 0 Å². The maximum atomic E-state index is 14.0. The summed E-state index contributed by atoms with van der Waals surface area (Å²) in [6.07, 6.45) is -2.07. The first kappa shape index (κ1) is 18.5. The number of ether oxygens (including phenoxy) is 1. The number of aryl methyl sites for hydroxylation is 1. The molecule has 142 valence electrons. The third-order valence-corrected chi connectivity index (χ3v) is 4.59. The highest BCUT2D eigenvalue weighted by Gasteiger charge is 2.41. The Kier molecular flexibility index (Phi) is 5.38. The van der Waals surface area contributed by atoms with Crippen molar-refractivity contribution in [2.75, 3.05) is 13.2 Å². The molecule has 0 radical (unpaired) electrons. The molecule has 0 aliphatic carbocycles. The number of amides is 4. The van der Waals surface area contributed by atoms with Crippen molar-refractivity contribution in [3.05, 3.63) is 35.1 Å². The van der Waals surface area contributed by atoms with Crippen LogP contribution in [-0.4, -0.2) is 48.7 Å². The Morgan fingerprint density at radius 2 is 2.00 bits per heavy atom. The van der Waals surface area contributed by atoms with E-state index in [1.807, 2.05) is 6.92 Å². The molecule has 1 aromatic rings. The van der Waals surface area contributed by atoms with E-state index in [1.54, 1.807) is 19.1 Å². The quantitative estimate of drug-likeness (QED) is 0.758. The number of hydrogen-bond acceptors (Lipinski definition) is 4. The highest BCUT2D eigenvalue weighted by Crippen LogP contribution is 2.21. The fourth-order valence-corrected chi connectivity index (χ4v) is 3.22. The SMILES string of the molecule is Cc1ccc(F)c([C@H](C)NC2NC(=O)N([C@H]3CCOC[C@H]3F)C(=O)N2)c1. The lowest BCUT2D eigenvalue weighted by molar-refractivity contribution is -0.0102. The molecular formula is C17H22F2N4O3. The van der Waals surface area contributed by atoms with Crippen LogP contribution < -0.4 is 16.0 Å². The van der Waals surface area contributed by atoms with Crippen molar-refractivity contribution < 1.29 is 23.1 Å². The number of carbonyl (C=O) groups excluding carboxylic acids is 2. The number of alkyl halides is 1. The van der Waals surface area contributed by atoms with Crippen LogP contribution in [0.2, 0.25) is 0 Å². The number of imide groups is 1. The van der Waals surface area contributed by atoms with Gasteiger partial charge in [-0.15, -0.1) is 0 Å². The van der Waals surface area contributed by atoms with Gasteiger partial charge in [-0.25, -0.2) is 23.3 Å². The molecule has 2 fully saturated rings. The Morgan fingerprint density at radius 1 is 1.31 bits per heavy atom. The minimum absolute atomic E-state index is 0.146. The van der Waals surface area contributed by atoms with E-state index >= 15 is 0 Å². The number of rotatable bonds is 4. The second kappa shape index (κ2) is 7.55. The fourth-order valence-electron chi connectivity index (χ4n) is 3.22. The van der Waals surface area contributed by atoms with Gasteiger partial charge in [0.15, 0.2) is 6.29 Å². The summed E-state index contributed by atoms with van der Waals surface area (Å²) in [6.45, 7) is 3.71. The largest absolute Gasteiger partial charge is 0.378 e. The van der Waals surface area contributed by atoms with Gasteiger partial charge in [0.25, 0.3) is 0 Å². The monoisotopic (exact) mass is 368 g/mol. The number of benzene rings is 1. The maximum Gasteiger partial charge on any atom is 0.328 e. The zero-order valence-corrected chi connectivity index (χ0v) is 14.6. The van der Waals surface area contributed by atoms with Crippen LogP contribution in [0, 0.1) is 12.7 Å². The van der Waals surface area contributed by atoms with Gasteiger partial charge >= 0.3 is 12.1 Å². The number of halogens is 2. The minimum Gasteiger partial charge on any atom is -0.378 e. The molecule has 1 aromatic carbocycles. The average Bonchev–Trinajstić information content (AvgIpc) is 2.58. The van der Waals surface area contributed by atoms with E-state index in [0.717, 1.165) is 10.5 Å². The predicted octanol–water partition coefficient (Wildman–Crippen LogP) is 1.93. The van der Waals surface area contributed by atoms with Crippen LogP contribution in [-0.2, 0) is 4.74 Å². The third kappa shape index (κ3) is 3.78. The maximum absolute atomic E-state index is 14.0. The van der Waals surface area contributed by atoms with Gasteiger partial charge < -0.3 is 15.4 Å². The van der Waals surface area contributed by atoms with E-state index < -0.39 is 36.6 Å². The first-order valence-electron chi connectivity index (χ1n) is 8.51. The van der Waals surface area contributed by atoms with Crippen LogP contribution in [0.1, 0.15) is 30.5 Å². The van der Waals surface area contributed by atoms with Gasteiger partial charge in [0.2, 0.25) is 0 Å². The Bertz CT molecular complexity index is 685. The third-order valence-electron chi connectivity index (χ3n) is 4.59. The van der Waals surface area contributed by atoms with Crippen molar-refractivity contribution in [2.45, 2.75) is 44.8 Å². The Hall–Kier alpha value is -2.26. The first-order valence-corrected chi connectivity index (χ1v) is 8.51. The van der Waals surface area contributed by atoms with Gasteiger partial charge in [-0.3, -0.25) is 5.32 Å². The second-order valence-corrected chi connectivity index (χ2v) is 6.56. The zero-order chi connectivity index (χ0) is 18.8. The van der Waals surface area contributed by atoms with Crippen LogP contribution in [0.3, 0.4) is 0 Å². The molecular weight excluding hydrogens is 346 g/mol. The highest BCUT2D eigenvalue weighted by atomic mass is 19.1. The lowest BCUT2D eigenvalue weighted by Crippen LogP contribution is -2.71. The molecule has 2 heterocycles. The van der Waals surface area contributed by atoms with Crippen molar-refractivity contribution in [3.63, 3.8) is 0 Å². The number of carbonyl (C=O) groups is 2. The van der Waals surface area contributed by atoms with Gasteiger partial charge in [-0.1, -0.05) is 17.7 Å². The van der Waals surface area contributed by atoms with Gasteiger partial charge in [-0.2, -0.15) is 0 Å². The molecule has 2 aliphatic heterocycles. The van der Waals surface area contributed by atoms with Crippen molar-refractivity contribution in [1.29, 1.82) is 0 Å². The van der Waals surface area contributed by atoms with Gasteiger partial charge in [0.05, 0.1) is 12.6 Å². The molecule has 26 heavy (non-hydrogen) atoms. The van der Waals surface area contributed by atoms with Gasteiger partial charge in [0.1, 0.15) is 12.0 Å². The fraction of sp³-hybridized carbons (Fsp3) is 0.529. The van der Waals surface area contributed by atoms with Gasteiger partial charge in [0, 0.05) is 18.2 Å². The first-order chi connectivity index (χ1) is 12.4. The lowest BCUT2D eigenvalue weighted by atomic mass is 10.0. The van der Waals surface area contributed by atoms with Crippen LogP contribution in [0.25, 0.3) is 0 Å². The van der Waals surface area contributed by atoms with Crippen LogP contribution in [0.5, 0.6) is 0 Å². The topological polar surface area (TPSA) is 82.7 Å². The van der Waals surface area contributed by atoms with E-state index in [4.69, 9.17) is 4.74 Å². The van der Waals surface area contributed by atoms with Crippen molar-refractivity contribution in [1.82, 2.24) is 20.9 Å². The molecule has 0 spiro atoms. The van der Waals surface area contributed by atoms with E-state index in [2.05, 4.69) is 16.0 Å². The van der Waals surface area contributed by atoms with E-state index in [0.29, 0.717) is 5.56 Å². The summed E-state index contributed by atoms with van der Waals surface area (Å²) in [5, 5.41) is 8.08. The molecule has 3 rings (SSSR count). The minimum atomic E-state index is -1.43. The Balaban J connectivity index is 1.66. The predicted molar refractivity (Wildman–Crippen MR) is 89.5 cm³/mol. The normalized spacial score (nSPS) is 25.6. The number of nitrogens with one attached hydrogen (secondary N) is 3. The van der Waals surface area contributed by atoms with E-state index in [9.17, 15) is 18.4 Å². The zero-order valence-electron chi connectivity index (χ0n) is 14.6. The number of nitrogens with zero attached hydrogens (tertiary/aromatic N) is 1. The lowest BCUT2D eigenvalue weighted by Gasteiger charge is -2.40. The molecule has 3 N–H and O–H groups in total.